The van der Waals surface area contributed by atoms with Crippen LogP contribution < -0.4 is 0 Å². The summed E-state index contributed by atoms with van der Waals surface area (Å²) in [6.45, 7) is 4.06. The van der Waals surface area contributed by atoms with Gasteiger partial charge in [0.25, 0.3) is 0 Å². The zero-order chi connectivity index (χ0) is 18.5. The average molecular weight is 348 g/mol. The fourth-order valence-corrected chi connectivity index (χ4v) is 3.20. The zero-order valence-corrected chi connectivity index (χ0v) is 15.2. The number of carbonyl (C=O) groups is 1. The number of benzene rings is 2. The number of nitrogens with zero attached hydrogens (tertiary/aromatic N) is 2. The lowest BCUT2D eigenvalue weighted by Crippen LogP contribution is -2.12. The van der Waals surface area contributed by atoms with Crippen LogP contribution in [0.25, 0.3) is 11.3 Å². The van der Waals surface area contributed by atoms with Gasteiger partial charge >= 0.3 is 0 Å². The van der Waals surface area contributed by atoms with Gasteiger partial charge < -0.3 is 9.67 Å². The summed E-state index contributed by atoms with van der Waals surface area (Å²) in [6, 6.07) is 18.1. The van der Waals surface area contributed by atoms with E-state index in [9.17, 15) is 9.90 Å². The van der Waals surface area contributed by atoms with Crippen LogP contribution in [0.2, 0.25) is 0 Å². The molecule has 0 aliphatic heterocycles. The lowest BCUT2D eigenvalue weighted by atomic mass is 10.0. The molecular formula is C22H24N2O2. The van der Waals surface area contributed by atoms with E-state index in [4.69, 9.17) is 0 Å². The van der Waals surface area contributed by atoms with Crippen molar-refractivity contribution in [2.75, 3.05) is 0 Å². The number of aliphatic hydroxyl groups excluding tert-OH is 1. The monoisotopic (exact) mass is 348 g/mol. The van der Waals surface area contributed by atoms with Crippen LogP contribution >= 0.6 is 0 Å². The molecule has 0 spiro atoms. The minimum Gasteiger partial charge on any atom is -0.393 e. The van der Waals surface area contributed by atoms with Crippen molar-refractivity contribution in [1.82, 2.24) is 9.55 Å². The van der Waals surface area contributed by atoms with Crippen LogP contribution in [0, 0.1) is 0 Å². The molecule has 1 heterocycles. The number of carbonyl (C=O) groups excluding carboxylic acids is 1. The Bertz CT molecular complexity index is 882. The fraction of sp³-hybridized carbons (Fsp3) is 0.273. The standard InChI is InChI=1S/C22H24N2O2/c1-16(25)11-18-7-6-8-19(13-18)14-24-15-23-22(21(24)12-17(2)26)20-9-4-3-5-10-20/h3-10,13,15,17,26H,11-12,14H2,1-2H3. The van der Waals surface area contributed by atoms with Crippen LogP contribution in [0.1, 0.15) is 30.7 Å². The molecule has 1 N–H and O–H groups in total. The van der Waals surface area contributed by atoms with Crippen LogP contribution in [0.3, 0.4) is 0 Å². The second-order valence-corrected chi connectivity index (χ2v) is 6.79. The first-order valence-electron chi connectivity index (χ1n) is 8.87. The predicted octanol–water partition coefficient (Wildman–Crippen LogP) is 3.65. The Morgan fingerprint density at radius 3 is 2.54 bits per heavy atom. The third kappa shape index (κ3) is 4.46. The maximum atomic E-state index is 11.4. The second kappa shape index (κ2) is 8.11. The van der Waals surface area contributed by atoms with Crippen LogP contribution in [0.4, 0.5) is 0 Å². The molecule has 0 bridgehead atoms. The van der Waals surface area contributed by atoms with E-state index in [1.165, 1.54) is 0 Å². The number of hydrogen-bond acceptors (Lipinski definition) is 3. The van der Waals surface area contributed by atoms with Gasteiger partial charge in [-0.15, -0.1) is 0 Å². The maximum Gasteiger partial charge on any atom is 0.134 e. The molecule has 0 aliphatic rings. The normalized spacial score (nSPS) is 12.1. The van der Waals surface area contributed by atoms with E-state index in [0.717, 1.165) is 28.1 Å². The van der Waals surface area contributed by atoms with E-state index in [1.54, 1.807) is 13.8 Å². The molecule has 0 saturated heterocycles. The first kappa shape index (κ1) is 18.1. The zero-order valence-electron chi connectivity index (χ0n) is 15.2. The third-order valence-corrected chi connectivity index (χ3v) is 4.28. The van der Waals surface area contributed by atoms with E-state index >= 15 is 0 Å². The minimum atomic E-state index is -0.447. The summed E-state index contributed by atoms with van der Waals surface area (Å²) in [5.41, 5.74) is 5.12. The smallest absolute Gasteiger partial charge is 0.134 e. The van der Waals surface area contributed by atoms with Gasteiger partial charge in [0.15, 0.2) is 0 Å². The van der Waals surface area contributed by atoms with Gasteiger partial charge in [0.2, 0.25) is 0 Å². The van der Waals surface area contributed by atoms with Crippen LogP contribution in [-0.4, -0.2) is 26.5 Å². The summed E-state index contributed by atoms with van der Waals surface area (Å²) < 4.78 is 2.09. The minimum absolute atomic E-state index is 0.158. The molecule has 26 heavy (non-hydrogen) atoms. The summed E-state index contributed by atoms with van der Waals surface area (Å²) in [4.78, 5) is 16.0. The summed E-state index contributed by atoms with van der Waals surface area (Å²) in [6.07, 6.45) is 2.37. The first-order chi connectivity index (χ1) is 12.5. The molecule has 3 rings (SSSR count). The Balaban J connectivity index is 1.93. The molecule has 1 unspecified atom stereocenters. The van der Waals surface area contributed by atoms with Crippen molar-refractivity contribution in [3.63, 3.8) is 0 Å². The van der Waals surface area contributed by atoms with Gasteiger partial charge in [-0.1, -0.05) is 54.6 Å². The highest BCUT2D eigenvalue weighted by Gasteiger charge is 2.15. The van der Waals surface area contributed by atoms with E-state index in [0.29, 0.717) is 19.4 Å². The molecule has 0 radical (unpaired) electrons. The lowest BCUT2D eigenvalue weighted by molar-refractivity contribution is -0.116. The SMILES string of the molecule is CC(=O)Cc1cccc(Cn2cnc(-c3ccccc3)c2CC(C)O)c1. The molecule has 134 valence electrons. The van der Waals surface area contributed by atoms with Crippen molar-refractivity contribution in [1.29, 1.82) is 0 Å². The molecule has 2 aromatic carbocycles. The molecule has 1 aromatic heterocycles. The van der Waals surface area contributed by atoms with E-state index in [-0.39, 0.29) is 5.78 Å². The van der Waals surface area contributed by atoms with Crippen molar-refractivity contribution in [2.24, 2.45) is 0 Å². The quantitative estimate of drug-likeness (QED) is 0.709. The highest BCUT2D eigenvalue weighted by atomic mass is 16.3. The molecular weight excluding hydrogens is 324 g/mol. The Hall–Kier alpha value is -2.72. The Morgan fingerprint density at radius 2 is 1.85 bits per heavy atom. The molecule has 4 heteroatoms. The summed E-state index contributed by atoms with van der Waals surface area (Å²) in [7, 11) is 0. The average Bonchev–Trinajstić information content (AvgIpc) is 2.97. The van der Waals surface area contributed by atoms with Crippen molar-refractivity contribution < 1.29 is 9.90 Å². The van der Waals surface area contributed by atoms with Crippen molar-refractivity contribution in [3.8, 4) is 11.3 Å². The summed E-state index contributed by atoms with van der Waals surface area (Å²) in [5.74, 6) is 0.158. The Morgan fingerprint density at radius 1 is 1.12 bits per heavy atom. The van der Waals surface area contributed by atoms with Crippen LogP contribution in [0.15, 0.2) is 60.9 Å². The number of Topliss-reactive ketones (excluding diaryl/α,β-unsaturated/α-hetero) is 1. The summed E-state index contributed by atoms with van der Waals surface area (Å²) in [5, 5.41) is 9.95. The topological polar surface area (TPSA) is 55.1 Å². The number of rotatable bonds is 7. The number of hydrogen-bond donors (Lipinski definition) is 1. The number of aliphatic hydroxyl groups is 1. The van der Waals surface area contributed by atoms with Gasteiger partial charge in [0, 0.05) is 30.6 Å². The number of ketones is 1. The molecule has 3 aromatic rings. The third-order valence-electron chi connectivity index (χ3n) is 4.28. The van der Waals surface area contributed by atoms with E-state index < -0.39 is 6.10 Å². The lowest BCUT2D eigenvalue weighted by Gasteiger charge is -2.13. The van der Waals surface area contributed by atoms with Gasteiger partial charge in [-0.2, -0.15) is 0 Å². The molecule has 4 nitrogen and oxygen atoms in total. The van der Waals surface area contributed by atoms with Crippen molar-refractivity contribution >= 4 is 5.78 Å². The summed E-state index contributed by atoms with van der Waals surface area (Å²) >= 11 is 0. The van der Waals surface area contributed by atoms with Gasteiger partial charge in [-0.25, -0.2) is 4.98 Å². The second-order valence-electron chi connectivity index (χ2n) is 6.79. The van der Waals surface area contributed by atoms with Gasteiger partial charge in [-0.05, 0) is 25.0 Å². The number of aromatic nitrogens is 2. The maximum absolute atomic E-state index is 11.4. The Kier molecular flexibility index (Phi) is 5.64. The largest absolute Gasteiger partial charge is 0.393 e. The van der Waals surface area contributed by atoms with Gasteiger partial charge in [0.1, 0.15) is 5.78 Å². The van der Waals surface area contributed by atoms with E-state index in [2.05, 4.69) is 21.7 Å². The van der Waals surface area contributed by atoms with Crippen LogP contribution in [0.5, 0.6) is 0 Å². The van der Waals surface area contributed by atoms with Crippen LogP contribution in [-0.2, 0) is 24.2 Å². The Labute approximate surface area is 154 Å². The molecule has 0 fully saturated rings. The van der Waals surface area contributed by atoms with E-state index in [1.807, 2.05) is 48.8 Å². The highest BCUT2D eigenvalue weighted by Crippen LogP contribution is 2.24. The molecule has 0 amide bonds. The van der Waals surface area contributed by atoms with Gasteiger partial charge in [-0.3, -0.25) is 4.79 Å². The highest BCUT2D eigenvalue weighted by molar-refractivity contribution is 5.78. The van der Waals surface area contributed by atoms with Crippen molar-refractivity contribution in [2.45, 2.75) is 39.3 Å². The van der Waals surface area contributed by atoms with Gasteiger partial charge in [0.05, 0.1) is 18.1 Å². The fourth-order valence-electron chi connectivity index (χ4n) is 3.20. The van der Waals surface area contributed by atoms with Crippen molar-refractivity contribution in [3.05, 3.63) is 77.7 Å². The number of imidazole rings is 1. The first-order valence-corrected chi connectivity index (χ1v) is 8.87. The predicted molar refractivity (Wildman–Crippen MR) is 103 cm³/mol. The molecule has 0 aliphatic carbocycles. The molecule has 0 saturated carbocycles. The molecule has 1 atom stereocenters.